The van der Waals surface area contributed by atoms with Gasteiger partial charge in [0.05, 0.1) is 20.8 Å². The van der Waals surface area contributed by atoms with E-state index in [0.717, 1.165) is 29.2 Å². The SMILES string of the molecule is COc1cc(C2(C)CO2)cc(OC)c1C. The summed E-state index contributed by atoms with van der Waals surface area (Å²) in [6, 6.07) is 4.04. The van der Waals surface area contributed by atoms with Gasteiger partial charge in [-0.05, 0) is 31.5 Å². The maximum absolute atomic E-state index is 5.41. The van der Waals surface area contributed by atoms with Crippen LogP contribution in [0, 0.1) is 6.92 Å². The Hall–Kier alpha value is -1.22. The third kappa shape index (κ3) is 1.67. The van der Waals surface area contributed by atoms with E-state index in [9.17, 15) is 0 Å². The van der Waals surface area contributed by atoms with Gasteiger partial charge in [0, 0.05) is 5.56 Å². The Kier molecular flexibility index (Phi) is 2.35. The van der Waals surface area contributed by atoms with Crippen molar-refractivity contribution in [2.24, 2.45) is 0 Å². The summed E-state index contributed by atoms with van der Waals surface area (Å²) in [6.45, 7) is 4.82. The highest BCUT2D eigenvalue weighted by molar-refractivity contribution is 5.49. The maximum Gasteiger partial charge on any atom is 0.125 e. The monoisotopic (exact) mass is 208 g/mol. The van der Waals surface area contributed by atoms with Crippen LogP contribution in [0.3, 0.4) is 0 Å². The molecule has 0 bridgehead atoms. The van der Waals surface area contributed by atoms with Gasteiger partial charge in [-0.15, -0.1) is 0 Å². The van der Waals surface area contributed by atoms with Gasteiger partial charge >= 0.3 is 0 Å². The molecule has 0 aromatic heterocycles. The summed E-state index contributed by atoms with van der Waals surface area (Å²) in [5, 5.41) is 0. The molecular formula is C12H16O3. The molecule has 0 spiro atoms. The normalized spacial score (nSPS) is 23.7. The third-order valence-corrected chi connectivity index (χ3v) is 2.94. The minimum atomic E-state index is -0.145. The number of benzene rings is 1. The number of methoxy groups -OCH3 is 2. The molecule has 3 heteroatoms. The first-order valence-electron chi connectivity index (χ1n) is 4.98. The van der Waals surface area contributed by atoms with Crippen molar-refractivity contribution >= 4 is 0 Å². The largest absolute Gasteiger partial charge is 0.496 e. The summed E-state index contributed by atoms with van der Waals surface area (Å²) in [5.41, 5.74) is 1.99. The molecule has 3 nitrogen and oxygen atoms in total. The van der Waals surface area contributed by atoms with Gasteiger partial charge < -0.3 is 14.2 Å². The summed E-state index contributed by atoms with van der Waals surface area (Å²) in [6.07, 6.45) is 0. The zero-order chi connectivity index (χ0) is 11.1. The van der Waals surface area contributed by atoms with E-state index in [-0.39, 0.29) is 5.60 Å². The molecule has 1 aliphatic heterocycles. The first kappa shape index (κ1) is 10.3. The minimum Gasteiger partial charge on any atom is -0.496 e. The fourth-order valence-electron chi connectivity index (χ4n) is 1.67. The highest BCUT2D eigenvalue weighted by atomic mass is 16.6. The van der Waals surface area contributed by atoms with Crippen molar-refractivity contribution in [3.8, 4) is 11.5 Å². The number of rotatable bonds is 3. The van der Waals surface area contributed by atoms with Crippen LogP contribution >= 0.6 is 0 Å². The van der Waals surface area contributed by atoms with Crippen LogP contribution in [-0.4, -0.2) is 20.8 Å². The lowest BCUT2D eigenvalue weighted by molar-refractivity contribution is 0.325. The fraction of sp³-hybridized carbons (Fsp3) is 0.500. The molecule has 0 radical (unpaired) electrons. The van der Waals surface area contributed by atoms with Crippen molar-refractivity contribution in [1.82, 2.24) is 0 Å². The van der Waals surface area contributed by atoms with Gasteiger partial charge in [0.25, 0.3) is 0 Å². The van der Waals surface area contributed by atoms with E-state index in [0.29, 0.717) is 0 Å². The van der Waals surface area contributed by atoms with Crippen LogP contribution < -0.4 is 9.47 Å². The highest BCUT2D eigenvalue weighted by Crippen LogP contribution is 2.42. The Morgan fingerprint density at radius 3 is 2.00 bits per heavy atom. The summed E-state index contributed by atoms with van der Waals surface area (Å²) < 4.78 is 16.0. The molecular weight excluding hydrogens is 192 g/mol. The second-order valence-electron chi connectivity index (χ2n) is 4.03. The first-order valence-corrected chi connectivity index (χ1v) is 4.98. The summed E-state index contributed by atoms with van der Waals surface area (Å²) in [4.78, 5) is 0. The molecule has 0 aliphatic carbocycles. The van der Waals surface area contributed by atoms with Crippen molar-refractivity contribution in [3.63, 3.8) is 0 Å². The smallest absolute Gasteiger partial charge is 0.125 e. The van der Waals surface area contributed by atoms with Crippen LogP contribution in [-0.2, 0) is 10.3 Å². The van der Waals surface area contributed by atoms with Crippen LogP contribution in [0.4, 0.5) is 0 Å². The molecule has 0 saturated carbocycles. The summed E-state index contributed by atoms with van der Waals surface area (Å²) >= 11 is 0. The molecule has 0 amide bonds. The van der Waals surface area contributed by atoms with Gasteiger partial charge in [-0.1, -0.05) is 0 Å². The van der Waals surface area contributed by atoms with Crippen molar-refractivity contribution in [1.29, 1.82) is 0 Å². The average molecular weight is 208 g/mol. The van der Waals surface area contributed by atoms with Crippen LogP contribution in [0.2, 0.25) is 0 Å². The Labute approximate surface area is 90.0 Å². The lowest BCUT2D eigenvalue weighted by Gasteiger charge is -2.14. The molecule has 0 N–H and O–H groups in total. The summed E-state index contributed by atoms with van der Waals surface area (Å²) in [7, 11) is 3.34. The number of ether oxygens (including phenoxy) is 3. The molecule has 82 valence electrons. The molecule has 1 atom stereocenters. The highest BCUT2D eigenvalue weighted by Gasteiger charge is 2.42. The zero-order valence-corrected chi connectivity index (χ0v) is 9.59. The van der Waals surface area contributed by atoms with Crippen molar-refractivity contribution < 1.29 is 14.2 Å². The van der Waals surface area contributed by atoms with E-state index >= 15 is 0 Å². The molecule has 1 aliphatic rings. The Morgan fingerprint density at radius 1 is 1.20 bits per heavy atom. The summed E-state index contributed by atoms with van der Waals surface area (Å²) in [5.74, 6) is 1.70. The van der Waals surface area contributed by atoms with E-state index in [4.69, 9.17) is 14.2 Å². The quantitative estimate of drug-likeness (QED) is 0.714. The number of hydrogen-bond acceptors (Lipinski definition) is 3. The topological polar surface area (TPSA) is 31.0 Å². The van der Waals surface area contributed by atoms with Crippen LogP contribution in [0.1, 0.15) is 18.1 Å². The molecule has 1 aromatic rings. The van der Waals surface area contributed by atoms with Gasteiger partial charge in [-0.25, -0.2) is 0 Å². The first-order chi connectivity index (χ1) is 7.10. The Balaban J connectivity index is 2.49. The molecule has 1 saturated heterocycles. The molecule has 1 fully saturated rings. The minimum absolute atomic E-state index is 0.145. The van der Waals surface area contributed by atoms with E-state index in [2.05, 4.69) is 6.92 Å². The van der Waals surface area contributed by atoms with Gasteiger partial charge in [-0.3, -0.25) is 0 Å². The predicted molar refractivity (Wildman–Crippen MR) is 57.6 cm³/mol. The van der Waals surface area contributed by atoms with Gasteiger partial charge in [-0.2, -0.15) is 0 Å². The van der Waals surface area contributed by atoms with Crippen molar-refractivity contribution in [2.75, 3.05) is 20.8 Å². The molecule has 2 rings (SSSR count). The van der Waals surface area contributed by atoms with E-state index in [1.807, 2.05) is 19.1 Å². The standard InChI is InChI=1S/C12H16O3/c1-8-10(13-3)5-9(6-11(8)14-4)12(2)7-15-12/h5-6H,7H2,1-4H3. The molecule has 1 unspecified atom stereocenters. The van der Waals surface area contributed by atoms with Gasteiger partial charge in [0.2, 0.25) is 0 Å². The van der Waals surface area contributed by atoms with E-state index in [1.54, 1.807) is 14.2 Å². The fourth-order valence-corrected chi connectivity index (χ4v) is 1.67. The number of epoxide rings is 1. The Morgan fingerprint density at radius 2 is 1.67 bits per heavy atom. The van der Waals surface area contributed by atoms with Crippen molar-refractivity contribution in [2.45, 2.75) is 19.4 Å². The van der Waals surface area contributed by atoms with Crippen LogP contribution in [0.25, 0.3) is 0 Å². The van der Waals surface area contributed by atoms with Crippen LogP contribution in [0.5, 0.6) is 11.5 Å². The Bertz CT molecular complexity index is 355. The van der Waals surface area contributed by atoms with E-state index in [1.165, 1.54) is 0 Å². The van der Waals surface area contributed by atoms with Crippen LogP contribution in [0.15, 0.2) is 12.1 Å². The predicted octanol–water partition coefficient (Wildman–Crippen LogP) is 2.26. The van der Waals surface area contributed by atoms with E-state index < -0.39 is 0 Å². The lowest BCUT2D eigenvalue weighted by atomic mass is 9.99. The molecule has 1 heterocycles. The van der Waals surface area contributed by atoms with Gasteiger partial charge in [0.1, 0.15) is 17.1 Å². The zero-order valence-electron chi connectivity index (χ0n) is 9.59. The van der Waals surface area contributed by atoms with Gasteiger partial charge in [0.15, 0.2) is 0 Å². The second kappa shape index (κ2) is 3.42. The lowest BCUT2D eigenvalue weighted by Crippen LogP contribution is -2.04. The maximum atomic E-state index is 5.41. The third-order valence-electron chi connectivity index (χ3n) is 2.94. The number of hydrogen-bond donors (Lipinski definition) is 0. The molecule has 1 aromatic carbocycles. The molecule has 15 heavy (non-hydrogen) atoms. The second-order valence-corrected chi connectivity index (χ2v) is 4.03. The van der Waals surface area contributed by atoms with Crippen molar-refractivity contribution in [3.05, 3.63) is 23.3 Å². The average Bonchev–Trinajstić information content (AvgIpc) is 2.98.